The Kier molecular flexibility index (Phi) is 5.30. The fourth-order valence-corrected chi connectivity index (χ4v) is 1.85. The number of hydrogen-bond acceptors (Lipinski definition) is 3. The minimum Gasteiger partial charge on any atom is -0.497 e. The first-order valence-corrected chi connectivity index (χ1v) is 6.80. The van der Waals surface area contributed by atoms with Crippen LogP contribution in [-0.4, -0.2) is 20.3 Å². The molecule has 0 saturated carbocycles. The van der Waals surface area contributed by atoms with Crippen molar-refractivity contribution >= 4 is 0 Å². The van der Waals surface area contributed by atoms with E-state index in [0.29, 0.717) is 13.2 Å². The summed E-state index contributed by atoms with van der Waals surface area (Å²) in [5.74, 6) is 2.53. The Bertz CT molecular complexity index is 520. The van der Waals surface area contributed by atoms with Crippen molar-refractivity contribution in [1.29, 1.82) is 0 Å². The van der Waals surface area contributed by atoms with E-state index in [2.05, 4.69) is 19.1 Å². The monoisotopic (exact) mass is 272 g/mol. The molecule has 0 N–H and O–H groups in total. The van der Waals surface area contributed by atoms with Crippen LogP contribution in [0.1, 0.15) is 12.5 Å². The summed E-state index contributed by atoms with van der Waals surface area (Å²) in [6, 6.07) is 15.7. The summed E-state index contributed by atoms with van der Waals surface area (Å²) in [5.41, 5.74) is 1.28. The highest BCUT2D eigenvalue weighted by atomic mass is 16.5. The zero-order valence-electron chi connectivity index (χ0n) is 12.0. The topological polar surface area (TPSA) is 27.7 Å². The van der Waals surface area contributed by atoms with Gasteiger partial charge in [-0.2, -0.15) is 0 Å². The Hall–Kier alpha value is -2.16. The predicted octanol–water partition coefficient (Wildman–Crippen LogP) is 3.72. The maximum atomic E-state index is 5.67. The Morgan fingerprint density at radius 1 is 0.800 bits per heavy atom. The molecule has 2 aromatic rings. The molecule has 0 bridgehead atoms. The van der Waals surface area contributed by atoms with E-state index in [1.165, 1.54) is 5.56 Å². The lowest BCUT2D eigenvalue weighted by molar-refractivity contribution is 0.217. The normalized spacial score (nSPS) is 10.1. The quantitative estimate of drug-likeness (QED) is 0.719. The van der Waals surface area contributed by atoms with Crippen LogP contribution in [0.3, 0.4) is 0 Å². The molecular weight excluding hydrogens is 252 g/mol. The number of rotatable bonds is 7. The van der Waals surface area contributed by atoms with Crippen molar-refractivity contribution in [1.82, 2.24) is 0 Å². The summed E-state index contributed by atoms with van der Waals surface area (Å²) in [5, 5.41) is 0. The van der Waals surface area contributed by atoms with Crippen LogP contribution in [0.15, 0.2) is 48.5 Å². The number of ether oxygens (including phenoxy) is 3. The molecule has 3 nitrogen and oxygen atoms in total. The van der Waals surface area contributed by atoms with Crippen LogP contribution in [0.25, 0.3) is 0 Å². The molecule has 0 aliphatic carbocycles. The lowest BCUT2D eigenvalue weighted by atomic mass is 10.2. The van der Waals surface area contributed by atoms with Crippen LogP contribution in [0.4, 0.5) is 0 Å². The van der Waals surface area contributed by atoms with Crippen LogP contribution in [-0.2, 0) is 6.42 Å². The highest BCUT2D eigenvalue weighted by Crippen LogP contribution is 2.17. The van der Waals surface area contributed by atoms with Crippen LogP contribution in [0, 0.1) is 0 Å². The smallest absolute Gasteiger partial charge is 0.122 e. The van der Waals surface area contributed by atoms with Gasteiger partial charge in [0.15, 0.2) is 0 Å². The fourth-order valence-electron chi connectivity index (χ4n) is 1.85. The Morgan fingerprint density at radius 2 is 1.45 bits per heavy atom. The SMILES string of the molecule is CCc1cccc(OCCOc2ccc(OC)cc2)c1. The van der Waals surface area contributed by atoms with Gasteiger partial charge in [0.05, 0.1) is 7.11 Å². The third kappa shape index (κ3) is 4.19. The van der Waals surface area contributed by atoms with E-state index in [1.54, 1.807) is 7.11 Å². The summed E-state index contributed by atoms with van der Waals surface area (Å²) >= 11 is 0. The largest absolute Gasteiger partial charge is 0.497 e. The van der Waals surface area contributed by atoms with Crippen molar-refractivity contribution < 1.29 is 14.2 Å². The second kappa shape index (κ2) is 7.43. The molecule has 2 aromatic carbocycles. The predicted molar refractivity (Wildman–Crippen MR) is 79.8 cm³/mol. The summed E-state index contributed by atoms with van der Waals surface area (Å²) in [6.45, 7) is 3.17. The minimum absolute atomic E-state index is 0.517. The van der Waals surface area contributed by atoms with Gasteiger partial charge >= 0.3 is 0 Å². The lowest BCUT2D eigenvalue weighted by Crippen LogP contribution is -2.09. The van der Waals surface area contributed by atoms with Gasteiger partial charge in [0.2, 0.25) is 0 Å². The van der Waals surface area contributed by atoms with Crippen molar-refractivity contribution in [2.45, 2.75) is 13.3 Å². The van der Waals surface area contributed by atoms with Gasteiger partial charge < -0.3 is 14.2 Å². The van der Waals surface area contributed by atoms with Crippen molar-refractivity contribution in [3.63, 3.8) is 0 Å². The molecule has 0 unspecified atom stereocenters. The van der Waals surface area contributed by atoms with Crippen LogP contribution in [0.2, 0.25) is 0 Å². The highest BCUT2D eigenvalue weighted by Gasteiger charge is 1.97. The average Bonchev–Trinajstić information content (AvgIpc) is 2.52. The highest BCUT2D eigenvalue weighted by molar-refractivity contribution is 5.31. The molecule has 0 saturated heterocycles. The Labute approximate surface area is 120 Å². The van der Waals surface area contributed by atoms with E-state index >= 15 is 0 Å². The summed E-state index contributed by atoms with van der Waals surface area (Å²) < 4.78 is 16.4. The molecule has 0 aromatic heterocycles. The number of benzene rings is 2. The van der Waals surface area contributed by atoms with E-state index in [1.807, 2.05) is 36.4 Å². The first-order valence-electron chi connectivity index (χ1n) is 6.80. The molecule has 0 atom stereocenters. The molecule has 0 radical (unpaired) electrons. The van der Waals surface area contributed by atoms with Gasteiger partial charge in [0.1, 0.15) is 30.5 Å². The zero-order valence-corrected chi connectivity index (χ0v) is 12.0. The zero-order chi connectivity index (χ0) is 14.2. The van der Waals surface area contributed by atoms with E-state index in [0.717, 1.165) is 23.7 Å². The minimum atomic E-state index is 0.517. The van der Waals surface area contributed by atoms with Gasteiger partial charge in [-0.1, -0.05) is 19.1 Å². The van der Waals surface area contributed by atoms with E-state index < -0.39 is 0 Å². The fraction of sp³-hybridized carbons (Fsp3) is 0.294. The van der Waals surface area contributed by atoms with Gasteiger partial charge in [0.25, 0.3) is 0 Å². The number of hydrogen-bond donors (Lipinski definition) is 0. The number of aryl methyl sites for hydroxylation is 1. The standard InChI is InChI=1S/C17H20O3/c1-3-14-5-4-6-17(13-14)20-12-11-19-16-9-7-15(18-2)8-10-16/h4-10,13H,3,11-12H2,1-2H3. The molecule has 0 aliphatic heterocycles. The summed E-state index contributed by atoms with van der Waals surface area (Å²) in [7, 11) is 1.65. The van der Waals surface area contributed by atoms with Gasteiger partial charge in [0, 0.05) is 0 Å². The van der Waals surface area contributed by atoms with E-state index in [4.69, 9.17) is 14.2 Å². The molecule has 20 heavy (non-hydrogen) atoms. The first-order chi connectivity index (χ1) is 9.81. The van der Waals surface area contributed by atoms with E-state index in [9.17, 15) is 0 Å². The van der Waals surface area contributed by atoms with Gasteiger partial charge in [-0.15, -0.1) is 0 Å². The Balaban J connectivity index is 1.75. The summed E-state index contributed by atoms with van der Waals surface area (Å²) in [6.07, 6.45) is 1.01. The molecule has 2 rings (SSSR count). The molecule has 0 aliphatic rings. The van der Waals surface area contributed by atoms with Crippen LogP contribution >= 0.6 is 0 Å². The molecular formula is C17H20O3. The van der Waals surface area contributed by atoms with Crippen LogP contribution in [0.5, 0.6) is 17.2 Å². The maximum absolute atomic E-state index is 5.67. The van der Waals surface area contributed by atoms with Crippen molar-refractivity contribution in [2.24, 2.45) is 0 Å². The van der Waals surface area contributed by atoms with Crippen molar-refractivity contribution in [3.8, 4) is 17.2 Å². The number of methoxy groups -OCH3 is 1. The van der Waals surface area contributed by atoms with Crippen molar-refractivity contribution in [2.75, 3.05) is 20.3 Å². The van der Waals surface area contributed by atoms with Crippen LogP contribution < -0.4 is 14.2 Å². The second-order valence-corrected chi connectivity index (χ2v) is 4.37. The second-order valence-electron chi connectivity index (χ2n) is 4.37. The first kappa shape index (κ1) is 14.3. The van der Waals surface area contributed by atoms with E-state index in [-0.39, 0.29) is 0 Å². The van der Waals surface area contributed by atoms with Gasteiger partial charge in [-0.05, 0) is 48.4 Å². The molecule has 0 spiro atoms. The molecule has 3 heteroatoms. The average molecular weight is 272 g/mol. The molecule has 0 fully saturated rings. The Morgan fingerprint density at radius 3 is 2.10 bits per heavy atom. The summed E-state index contributed by atoms with van der Waals surface area (Å²) in [4.78, 5) is 0. The van der Waals surface area contributed by atoms with Gasteiger partial charge in [-0.3, -0.25) is 0 Å². The molecule has 0 heterocycles. The third-order valence-electron chi connectivity index (χ3n) is 2.99. The molecule has 106 valence electrons. The third-order valence-corrected chi connectivity index (χ3v) is 2.99. The molecule has 0 amide bonds. The maximum Gasteiger partial charge on any atom is 0.122 e. The van der Waals surface area contributed by atoms with Gasteiger partial charge in [-0.25, -0.2) is 0 Å². The van der Waals surface area contributed by atoms with Crippen molar-refractivity contribution in [3.05, 3.63) is 54.1 Å². The lowest BCUT2D eigenvalue weighted by Gasteiger charge is -2.09.